The third kappa shape index (κ3) is 5.36. The van der Waals surface area contributed by atoms with Crippen molar-refractivity contribution in [2.75, 3.05) is 31.1 Å². The van der Waals surface area contributed by atoms with E-state index < -0.39 is 0 Å². The Balaban J connectivity index is 1.61. The highest BCUT2D eigenvalue weighted by atomic mass is 32.2. The van der Waals surface area contributed by atoms with E-state index in [1.54, 1.807) is 9.80 Å². The Hall–Kier alpha value is -3.70. The number of carbonyl (C=O) groups excluding carboxylic acids is 2. The molecule has 2 aliphatic rings. The van der Waals surface area contributed by atoms with Gasteiger partial charge in [-0.2, -0.15) is 5.26 Å². The molecule has 1 N–H and O–H groups in total. The fourth-order valence-corrected chi connectivity index (χ4v) is 5.07. The molecule has 2 heterocycles. The lowest BCUT2D eigenvalue weighted by atomic mass is 10.1. The summed E-state index contributed by atoms with van der Waals surface area (Å²) in [4.78, 5) is 31.2. The molecule has 2 aliphatic heterocycles. The lowest BCUT2D eigenvalue weighted by Crippen LogP contribution is -2.54. The van der Waals surface area contributed by atoms with Crippen molar-refractivity contribution in [2.45, 2.75) is 26.8 Å². The van der Waals surface area contributed by atoms with Gasteiger partial charge in [-0.15, -0.1) is 0 Å². The first-order chi connectivity index (χ1) is 16.9. The maximum Gasteiger partial charge on any atom is 0.317 e. The number of piperazine rings is 1. The third-order valence-electron chi connectivity index (χ3n) is 5.89. The van der Waals surface area contributed by atoms with Crippen molar-refractivity contribution >= 4 is 35.1 Å². The average Bonchev–Trinajstić information content (AvgIpc) is 3.30. The minimum Gasteiger partial charge on any atom is -0.336 e. The second-order valence-corrected chi connectivity index (χ2v) is 9.69. The first kappa shape index (κ1) is 24.4. The summed E-state index contributed by atoms with van der Waals surface area (Å²) >= 11 is 1.39. The Bertz CT molecular complexity index is 1190. The molecule has 180 valence electrons. The Labute approximate surface area is 210 Å². The number of amides is 3. The maximum absolute atomic E-state index is 13.5. The molecule has 0 unspecified atom stereocenters. The molecular weight excluding hydrogens is 458 g/mol. The molecule has 0 aromatic heterocycles. The standard InChI is InChI=1S/C27H29N5O2S/c1-19(2)29-27(34)31-15-13-30(14-16-31)25(33)23(17-28)26-32(22-11-9-20(3)10-12-22)24(18-35-26)21-7-5-4-6-8-21/h4-12,18-19H,13-16H2,1-3H3,(H,29,34)/b26-23-. The Morgan fingerprint density at radius 2 is 1.60 bits per heavy atom. The third-order valence-corrected chi connectivity index (χ3v) is 6.84. The molecule has 1 fully saturated rings. The van der Waals surface area contributed by atoms with Gasteiger partial charge in [-0.1, -0.05) is 59.8 Å². The average molecular weight is 488 g/mol. The Morgan fingerprint density at radius 1 is 0.971 bits per heavy atom. The Kier molecular flexibility index (Phi) is 7.47. The largest absolute Gasteiger partial charge is 0.336 e. The second kappa shape index (κ2) is 10.7. The van der Waals surface area contributed by atoms with E-state index in [0.29, 0.717) is 31.2 Å². The summed E-state index contributed by atoms with van der Waals surface area (Å²) in [6, 6.07) is 20.1. The van der Waals surface area contributed by atoms with Crippen molar-refractivity contribution in [3.63, 3.8) is 0 Å². The molecule has 0 spiro atoms. The van der Waals surface area contributed by atoms with Gasteiger partial charge in [0.1, 0.15) is 16.7 Å². The van der Waals surface area contributed by atoms with Crippen molar-refractivity contribution in [2.24, 2.45) is 0 Å². The van der Waals surface area contributed by atoms with Gasteiger partial charge in [0.05, 0.1) is 5.70 Å². The van der Waals surface area contributed by atoms with Crippen molar-refractivity contribution in [1.29, 1.82) is 5.26 Å². The molecule has 0 aliphatic carbocycles. The van der Waals surface area contributed by atoms with E-state index in [0.717, 1.165) is 22.5 Å². The van der Waals surface area contributed by atoms with Gasteiger partial charge in [-0.25, -0.2) is 4.79 Å². The van der Waals surface area contributed by atoms with Gasteiger partial charge in [0, 0.05) is 43.3 Å². The number of thioether (sulfide) groups is 1. The smallest absolute Gasteiger partial charge is 0.317 e. The van der Waals surface area contributed by atoms with E-state index in [1.807, 2.05) is 85.7 Å². The molecule has 0 atom stereocenters. The van der Waals surface area contributed by atoms with E-state index in [2.05, 4.69) is 11.4 Å². The molecule has 2 aromatic rings. The number of hydrogen-bond acceptors (Lipinski definition) is 5. The van der Waals surface area contributed by atoms with Crippen LogP contribution in [-0.2, 0) is 4.79 Å². The van der Waals surface area contributed by atoms with Crippen LogP contribution in [0.15, 0.2) is 70.6 Å². The summed E-state index contributed by atoms with van der Waals surface area (Å²) in [6.45, 7) is 7.49. The summed E-state index contributed by atoms with van der Waals surface area (Å²) < 4.78 is 0. The van der Waals surface area contributed by atoms with E-state index in [9.17, 15) is 14.9 Å². The van der Waals surface area contributed by atoms with Crippen LogP contribution in [0.3, 0.4) is 0 Å². The minimum atomic E-state index is -0.307. The van der Waals surface area contributed by atoms with Gasteiger partial charge < -0.3 is 20.0 Å². The first-order valence-electron chi connectivity index (χ1n) is 11.7. The molecule has 35 heavy (non-hydrogen) atoms. The SMILES string of the molecule is Cc1ccc(N2C(c3ccccc3)=CS/C2=C(/C#N)C(=O)N2CCN(C(=O)NC(C)C)CC2)cc1. The first-order valence-corrected chi connectivity index (χ1v) is 12.5. The molecule has 1 saturated heterocycles. The highest BCUT2D eigenvalue weighted by Gasteiger charge is 2.33. The van der Waals surface area contributed by atoms with Crippen LogP contribution in [0.4, 0.5) is 10.5 Å². The summed E-state index contributed by atoms with van der Waals surface area (Å²) in [7, 11) is 0. The molecular formula is C27H29N5O2S. The monoisotopic (exact) mass is 487 g/mol. The number of rotatable bonds is 4. The topological polar surface area (TPSA) is 79.7 Å². The van der Waals surface area contributed by atoms with Crippen molar-refractivity contribution in [3.05, 3.63) is 81.7 Å². The van der Waals surface area contributed by atoms with E-state index >= 15 is 0 Å². The van der Waals surface area contributed by atoms with Crippen LogP contribution in [0, 0.1) is 18.3 Å². The van der Waals surface area contributed by atoms with E-state index in [-0.39, 0.29) is 23.6 Å². The van der Waals surface area contributed by atoms with Crippen LogP contribution in [0.25, 0.3) is 5.70 Å². The lowest BCUT2D eigenvalue weighted by Gasteiger charge is -2.35. The normalized spacial score (nSPS) is 17.2. The zero-order valence-electron chi connectivity index (χ0n) is 20.2. The zero-order valence-corrected chi connectivity index (χ0v) is 21.0. The number of hydrogen-bond donors (Lipinski definition) is 1. The molecule has 0 saturated carbocycles. The van der Waals surface area contributed by atoms with E-state index in [4.69, 9.17) is 0 Å². The van der Waals surface area contributed by atoms with E-state index in [1.165, 1.54) is 11.8 Å². The number of carbonyl (C=O) groups is 2. The highest BCUT2D eigenvalue weighted by Crippen LogP contribution is 2.44. The van der Waals surface area contributed by atoms with Crippen LogP contribution in [-0.4, -0.2) is 54.0 Å². The molecule has 8 heteroatoms. The fraction of sp³-hybridized carbons (Fsp3) is 0.296. The predicted octanol–water partition coefficient (Wildman–Crippen LogP) is 4.54. The predicted molar refractivity (Wildman–Crippen MR) is 140 cm³/mol. The number of nitrogens with zero attached hydrogens (tertiary/aromatic N) is 4. The Morgan fingerprint density at radius 3 is 2.20 bits per heavy atom. The summed E-state index contributed by atoms with van der Waals surface area (Å²) in [6.07, 6.45) is 0. The van der Waals surface area contributed by atoms with Crippen LogP contribution in [0.5, 0.6) is 0 Å². The van der Waals surface area contributed by atoms with Crippen LogP contribution >= 0.6 is 11.8 Å². The molecule has 2 aromatic carbocycles. The molecule has 4 rings (SSSR count). The maximum atomic E-state index is 13.5. The van der Waals surface area contributed by atoms with Crippen LogP contribution < -0.4 is 10.2 Å². The number of benzene rings is 2. The second-order valence-electron chi connectivity index (χ2n) is 8.83. The number of nitrogens with one attached hydrogen (secondary N) is 1. The van der Waals surface area contributed by atoms with Crippen molar-refractivity contribution < 1.29 is 9.59 Å². The summed E-state index contributed by atoms with van der Waals surface area (Å²) in [5.41, 5.74) is 4.06. The minimum absolute atomic E-state index is 0.0514. The highest BCUT2D eigenvalue weighted by molar-refractivity contribution is 8.06. The summed E-state index contributed by atoms with van der Waals surface area (Å²) in [5, 5.41) is 15.6. The molecule has 0 radical (unpaired) electrons. The van der Waals surface area contributed by atoms with Gasteiger partial charge in [-0.05, 0) is 38.5 Å². The van der Waals surface area contributed by atoms with Gasteiger partial charge in [0.2, 0.25) is 0 Å². The van der Waals surface area contributed by atoms with Gasteiger partial charge in [-0.3, -0.25) is 4.79 Å². The van der Waals surface area contributed by atoms with Crippen molar-refractivity contribution in [1.82, 2.24) is 15.1 Å². The molecule has 0 bridgehead atoms. The van der Waals surface area contributed by atoms with Crippen LogP contribution in [0.1, 0.15) is 25.0 Å². The van der Waals surface area contributed by atoms with Gasteiger partial charge in [0.15, 0.2) is 0 Å². The lowest BCUT2D eigenvalue weighted by molar-refractivity contribution is -0.128. The quantitative estimate of drug-likeness (QED) is 0.506. The number of nitriles is 1. The van der Waals surface area contributed by atoms with Gasteiger partial charge in [0.25, 0.3) is 5.91 Å². The summed E-state index contributed by atoms with van der Waals surface area (Å²) in [5.74, 6) is -0.307. The number of aryl methyl sites for hydroxylation is 1. The zero-order chi connectivity index (χ0) is 24.9. The van der Waals surface area contributed by atoms with Crippen LogP contribution in [0.2, 0.25) is 0 Å². The number of anilines is 1. The number of urea groups is 1. The van der Waals surface area contributed by atoms with Gasteiger partial charge >= 0.3 is 6.03 Å². The fourth-order valence-electron chi connectivity index (χ4n) is 4.05. The molecule has 7 nitrogen and oxygen atoms in total. The molecule has 3 amide bonds. The van der Waals surface area contributed by atoms with Crippen molar-refractivity contribution in [3.8, 4) is 6.07 Å².